The maximum absolute atomic E-state index is 13.1. The Hall–Kier alpha value is -4.25. The zero-order valence-electron chi connectivity index (χ0n) is 36.1. The number of benzene rings is 4. The van der Waals surface area contributed by atoms with Gasteiger partial charge in [0.25, 0.3) is 5.91 Å². The van der Waals surface area contributed by atoms with Crippen molar-refractivity contribution in [1.29, 1.82) is 0 Å². The fourth-order valence-electron chi connectivity index (χ4n) is 6.29. The third kappa shape index (κ3) is 20.3. The van der Waals surface area contributed by atoms with Crippen molar-refractivity contribution >= 4 is 5.91 Å². The lowest BCUT2D eigenvalue weighted by molar-refractivity contribution is -0.134. The third-order valence-electron chi connectivity index (χ3n) is 9.90. The summed E-state index contributed by atoms with van der Waals surface area (Å²) in [6.07, 6.45) is 9.61. The summed E-state index contributed by atoms with van der Waals surface area (Å²) in [7, 11) is 0. The van der Waals surface area contributed by atoms with E-state index in [1.807, 2.05) is 55.5 Å². The van der Waals surface area contributed by atoms with Gasteiger partial charge in [-0.05, 0) is 113 Å². The summed E-state index contributed by atoms with van der Waals surface area (Å²) in [4.78, 5) is 15.2. The molecular weight excluding hydrogens is 679 g/mol. The lowest BCUT2D eigenvalue weighted by atomic mass is 9.95. The minimum absolute atomic E-state index is 0.131. The first-order valence-corrected chi connectivity index (χ1v) is 20.9. The van der Waals surface area contributed by atoms with Gasteiger partial charge in [-0.3, -0.25) is 4.79 Å². The highest BCUT2D eigenvalue weighted by Gasteiger charge is 2.22. The number of nitrogens with zero attached hydrogens (tertiary/aromatic N) is 1. The van der Waals surface area contributed by atoms with Crippen LogP contribution in [0.4, 0.5) is 0 Å². The lowest BCUT2D eigenvalue weighted by Crippen LogP contribution is -2.41. The molecule has 0 fully saturated rings. The lowest BCUT2D eigenvalue weighted by Gasteiger charge is -2.30. The fourth-order valence-corrected chi connectivity index (χ4v) is 6.29. The molecule has 0 aliphatic heterocycles. The number of carbonyl (C=O) groups excluding carboxylic acids is 1. The molecule has 5 heteroatoms. The van der Waals surface area contributed by atoms with Crippen molar-refractivity contribution in [2.24, 2.45) is 11.8 Å². The predicted molar refractivity (Wildman–Crippen MR) is 234 cm³/mol. The van der Waals surface area contributed by atoms with Crippen LogP contribution in [0.15, 0.2) is 91.0 Å². The summed E-state index contributed by atoms with van der Waals surface area (Å²) < 4.78 is 17.2. The molecule has 302 valence electrons. The first kappa shape index (κ1) is 46.9. The average Bonchev–Trinajstić information content (AvgIpc) is 3.17. The Morgan fingerprint density at radius 2 is 1.00 bits per heavy atom. The van der Waals surface area contributed by atoms with E-state index in [-0.39, 0.29) is 12.5 Å². The standard InChI is InChI=1S/C25H43NO2.C17H20O2.C8H10/c1-6-10-14-22(8-3)18-26(19-23(9-4)15-11-7-2)25(27)20-28-24-16-12-13-21(5)17-24;1-13-5-4-6-16(12-13)18-9-10-19-17-8-7-14(2)11-15(17)3;1-7-3-5-8(2)6-4-7/h12-13,16-17,22-23H,6-11,14-15,18-20H2,1-5H3;4-8,11-12H,9-10H2,1-3H3;3-6H,1-2H3. The third-order valence-corrected chi connectivity index (χ3v) is 9.90. The Kier molecular flexibility index (Phi) is 23.3. The molecule has 55 heavy (non-hydrogen) atoms. The van der Waals surface area contributed by atoms with Gasteiger partial charge in [-0.1, -0.05) is 144 Å². The molecule has 4 rings (SSSR count). The van der Waals surface area contributed by atoms with Crippen molar-refractivity contribution in [3.63, 3.8) is 0 Å². The predicted octanol–water partition coefficient (Wildman–Crippen LogP) is 13.0. The van der Waals surface area contributed by atoms with Crippen LogP contribution in [0.1, 0.15) is 112 Å². The molecule has 1 amide bonds. The number of hydrogen-bond acceptors (Lipinski definition) is 4. The number of amides is 1. The second kappa shape index (κ2) is 27.3. The summed E-state index contributed by atoms with van der Waals surface area (Å²) in [6.45, 7) is 24.4. The van der Waals surface area contributed by atoms with Crippen LogP contribution < -0.4 is 14.2 Å². The van der Waals surface area contributed by atoms with Gasteiger partial charge >= 0.3 is 0 Å². The molecule has 0 aromatic heterocycles. The van der Waals surface area contributed by atoms with Gasteiger partial charge in [-0.25, -0.2) is 0 Å². The fraction of sp³-hybridized carbons (Fsp3) is 0.500. The molecule has 2 unspecified atom stereocenters. The van der Waals surface area contributed by atoms with E-state index in [9.17, 15) is 4.79 Å². The van der Waals surface area contributed by atoms with Gasteiger partial charge in [0.1, 0.15) is 30.5 Å². The Morgan fingerprint density at radius 3 is 1.45 bits per heavy atom. The smallest absolute Gasteiger partial charge is 0.260 e. The Balaban J connectivity index is 0.000000329. The van der Waals surface area contributed by atoms with Crippen molar-refractivity contribution < 1.29 is 19.0 Å². The Morgan fingerprint density at radius 1 is 0.545 bits per heavy atom. The van der Waals surface area contributed by atoms with Gasteiger partial charge in [0.2, 0.25) is 0 Å². The van der Waals surface area contributed by atoms with Crippen molar-refractivity contribution in [2.45, 2.75) is 121 Å². The summed E-state index contributed by atoms with van der Waals surface area (Å²) in [6, 6.07) is 30.6. The highest BCUT2D eigenvalue weighted by molar-refractivity contribution is 5.77. The van der Waals surface area contributed by atoms with Gasteiger partial charge < -0.3 is 19.1 Å². The minimum atomic E-state index is 0.131. The van der Waals surface area contributed by atoms with Crippen LogP contribution in [0.25, 0.3) is 0 Å². The molecule has 4 aromatic rings. The number of hydrogen-bond donors (Lipinski definition) is 0. The maximum Gasteiger partial charge on any atom is 0.260 e. The van der Waals surface area contributed by atoms with Gasteiger partial charge in [0.05, 0.1) is 0 Å². The monoisotopic (exact) mass is 752 g/mol. The van der Waals surface area contributed by atoms with Gasteiger partial charge in [-0.15, -0.1) is 0 Å². The van der Waals surface area contributed by atoms with E-state index in [0.717, 1.165) is 54.3 Å². The summed E-state index contributed by atoms with van der Waals surface area (Å²) in [5.41, 5.74) is 7.42. The van der Waals surface area contributed by atoms with Crippen LogP contribution >= 0.6 is 0 Å². The molecule has 0 spiro atoms. The molecule has 0 saturated heterocycles. The van der Waals surface area contributed by atoms with Crippen LogP contribution in [-0.2, 0) is 4.79 Å². The molecule has 5 nitrogen and oxygen atoms in total. The zero-order valence-corrected chi connectivity index (χ0v) is 36.1. The van der Waals surface area contributed by atoms with E-state index in [1.165, 1.54) is 60.8 Å². The van der Waals surface area contributed by atoms with E-state index < -0.39 is 0 Å². The van der Waals surface area contributed by atoms with Crippen molar-refractivity contribution in [1.82, 2.24) is 4.90 Å². The second-order valence-electron chi connectivity index (χ2n) is 15.2. The molecule has 0 N–H and O–H groups in total. The Bertz CT molecular complexity index is 1580. The largest absolute Gasteiger partial charge is 0.490 e. The minimum Gasteiger partial charge on any atom is -0.490 e. The van der Waals surface area contributed by atoms with Gasteiger partial charge in [-0.2, -0.15) is 0 Å². The van der Waals surface area contributed by atoms with E-state index in [2.05, 4.69) is 110 Å². The first-order chi connectivity index (χ1) is 26.5. The highest BCUT2D eigenvalue weighted by Crippen LogP contribution is 2.21. The molecule has 0 radical (unpaired) electrons. The molecular formula is C50H73NO4. The molecule has 2 atom stereocenters. The van der Waals surface area contributed by atoms with Crippen molar-refractivity contribution in [3.8, 4) is 17.2 Å². The quantitative estimate of drug-likeness (QED) is 0.0844. The molecule has 0 saturated carbocycles. The normalized spacial score (nSPS) is 11.6. The average molecular weight is 752 g/mol. The van der Waals surface area contributed by atoms with E-state index >= 15 is 0 Å². The summed E-state index contributed by atoms with van der Waals surface area (Å²) in [5, 5.41) is 0. The summed E-state index contributed by atoms with van der Waals surface area (Å²) >= 11 is 0. The van der Waals surface area contributed by atoms with Crippen LogP contribution in [-0.4, -0.2) is 43.7 Å². The first-order valence-electron chi connectivity index (χ1n) is 20.9. The molecule has 0 aliphatic carbocycles. The van der Waals surface area contributed by atoms with E-state index in [1.54, 1.807) is 0 Å². The number of carbonyl (C=O) groups is 1. The van der Waals surface area contributed by atoms with Crippen molar-refractivity contribution in [2.75, 3.05) is 32.9 Å². The molecule has 0 aliphatic rings. The van der Waals surface area contributed by atoms with Gasteiger partial charge in [0.15, 0.2) is 6.61 Å². The number of aryl methyl sites for hydroxylation is 6. The molecule has 0 bridgehead atoms. The van der Waals surface area contributed by atoms with Gasteiger partial charge in [0, 0.05) is 13.1 Å². The zero-order chi connectivity index (χ0) is 40.4. The highest BCUT2D eigenvalue weighted by atomic mass is 16.5. The number of unbranched alkanes of at least 4 members (excludes halogenated alkanes) is 2. The van der Waals surface area contributed by atoms with Crippen LogP contribution in [0.3, 0.4) is 0 Å². The summed E-state index contributed by atoms with van der Waals surface area (Å²) in [5.74, 6) is 3.91. The number of rotatable bonds is 20. The SMILES string of the molecule is CCCCC(CC)CN(CC(CC)CCCC)C(=O)COc1cccc(C)c1.Cc1ccc(C)cc1.Cc1cccc(OCCOc2ccc(C)cc2C)c1. The molecule has 0 heterocycles. The van der Waals surface area contributed by atoms with Crippen LogP contribution in [0.2, 0.25) is 0 Å². The number of ether oxygens (including phenoxy) is 3. The Labute approximate surface area is 335 Å². The van der Waals surface area contributed by atoms with Crippen LogP contribution in [0.5, 0.6) is 17.2 Å². The second-order valence-corrected chi connectivity index (χ2v) is 15.2. The van der Waals surface area contributed by atoms with E-state index in [4.69, 9.17) is 14.2 Å². The maximum atomic E-state index is 13.1. The topological polar surface area (TPSA) is 48.0 Å². The molecule has 4 aromatic carbocycles. The van der Waals surface area contributed by atoms with E-state index in [0.29, 0.717) is 25.0 Å². The van der Waals surface area contributed by atoms with Crippen LogP contribution in [0, 0.1) is 53.4 Å². The van der Waals surface area contributed by atoms with Crippen molar-refractivity contribution in [3.05, 3.63) is 124 Å².